The molecule has 1 N–H and O–H groups in total. The number of anilines is 1. The summed E-state index contributed by atoms with van der Waals surface area (Å²) in [6.07, 6.45) is 5.16. The molecule has 1 fully saturated rings. The number of nitrogens with one attached hydrogen (secondary N) is 1. The molecule has 0 aliphatic carbocycles. The van der Waals surface area contributed by atoms with Crippen molar-refractivity contribution in [2.75, 3.05) is 18.5 Å². The molecule has 4 rings (SSSR count). The molecule has 6 nitrogen and oxygen atoms in total. The Morgan fingerprint density at radius 2 is 1.97 bits per heavy atom. The van der Waals surface area contributed by atoms with E-state index in [2.05, 4.69) is 10.4 Å². The summed E-state index contributed by atoms with van der Waals surface area (Å²) >= 11 is 0. The highest BCUT2D eigenvalue weighted by molar-refractivity contribution is 7.84. The van der Waals surface area contributed by atoms with E-state index in [-0.39, 0.29) is 11.2 Å². The standard InChI is InChI=1S/C22H23N3O3S/c26-22(20-7-1-2-8-21(20)25-12-4-11-23-25)24-18-6-3-5-17(15-18)16-29(27)19-9-13-28-14-10-19/h1-8,11-12,15,19H,9-10,13-14,16H2,(H,24,26). The molecule has 0 spiro atoms. The maximum Gasteiger partial charge on any atom is 0.257 e. The Balaban J connectivity index is 1.47. The van der Waals surface area contributed by atoms with Crippen molar-refractivity contribution >= 4 is 22.4 Å². The minimum Gasteiger partial charge on any atom is -0.381 e. The molecule has 0 saturated carbocycles. The molecule has 1 aliphatic heterocycles. The van der Waals surface area contributed by atoms with Gasteiger partial charge in [0.2, 0.25) is 0 Å². The minimum atomic E-state index is -0.943. The van der Waals surface area contributed by atoms with Crippen molar-refractivity contribution in [2.45, 2.75) is 23.8 Å². The first-order valence-electron chi connectivity index (χ1n) is 9.65. The number of amides is 1. The minimum absolute atomic E-state index is 0.183. The van der Waals surface area contributed by atoms with Crippen LogP contribution in [0.2, 0.25) is 0 Å². The van der Waals surface area contributed by atoms with Crippen LogP contribution >= 0.6 is 0 Å². The monoisotopic (exact) mass is 409 g/mol. The van der Waals surface area contributed by atoms with E-state index in [9.17, 15) is 9.00 Å². The second-order valence-electron chi connectivity index (χ2n) is 6.96. The molecule has 29 heavy (non-hydrogen) atoms. The lowest BCUT2D eigenvalue weighted by atomic mass is 10.1. The molecule has 1 saturated heterocycles. The van der Waals surface area contributed by atoms with E-state index in [0.717, 1.165) is 18.4 Å². The van der Waals surface area contributed by atoms with Gasteiger partial charge in [0, 0.05) is 53.1 Å². The van der Waals surface area contributed by atoms with Gasteiger partial charge in [0.05, 0.1) is 11.3 Å². The van der Waals surface area contributed by atoms with Gasteiger partial charge in [0.1, 0.15) is 0 Å². The first kappa shape index (κ1) is 19.5. The van der Waals surface area contributed by atoms with Gasteiger partial charge in [-0.05, 0) is 48.7 Å². The summed E-state index contributed by atoms with van der Waals surface area (Å²) in [6, 6.07) is 16.7. The number of rotatable bonds is 6. The fourth-order valence-electron chi connectivity index (χ4n) is 3.44. The molecule has 2 heterocycles. The maximum absolute atomic E-state index is 12.9. The van der Waals surface area contributed by atoms with Crippen LogP contribution in [-0.2, 0) is 21.3 Å². The van der Waals surface area contributed by atoms with Crippen LogP contribution < -0.4 is 5.32 Å². The van der Waals surface area contributed by atoms with Crippen molar-refractivity contribution in [1.29, 1.82) is 0 Å². The second-order valence-corrected chi connectivity index (χ2v) is 8.68. The zero-order chi connectivity index (χ0) is 20.1. The summed E-state index contributed by atoms with van der Waals surface area (Å²) in [4.78, 5) is 12.9. The molecule has 0 radical (unpaired) electrons. The Kier molecular flexibility index (Phi) is 6.17. The topological polar surface area (TPSA) is 73.2 Å². The third kappa shape index (κ3) is 4.81. The normalized spacial score (nSPS) is 15.7. The first-order valence-corrected chi connectivity index (χ1v) is 11.0. The molecule has 3 aromatic rings. The number of nitrogens with zero attached hydrogens (tertiary/aromatic N) is 2. The lowest BCUT2D eigenvalue weighted by Gasteiger charge is -2.21. The Hall–Kier alpha value is -2.77. The smallest absolute Gasteiger partial charge is 0.257 e. The molecule has 150 valence electrons. The summed E-state index contributed by atoms with van der Waals surface area (Å²) in [7, 11) is -0.943. The second kappa shape index (κ2) is 9.15. The molecular weight excluding hydrogens is 386 g/mol. The summed E-state index contributed by atoms with van der Waals surface area (Å²) in [5.41, 5.74) is 2.89. The SMILES string of the molecule is O=C(Nc1cccc(CS(=O)C2CCOCC2)c1)c1ccccc1-n1cccn1. The van der Waals surface area contributed by atoms with Gasteiger partial charge in [-0.1, -0.05) is 24.3 Å². The van der Waals surface area contributed by atoms with Gasteiger partial charge in [0.25, 0.3) is 5.91 Å². The van der Waals surface area contributed by atoms with Crippen molar-refractivity contribution in [2.24, 2.45) is 0 Å². The number of carbonyl (C=O) groups is 1. The molecular formula is C22H23N3O3S. The predicted octanol–water partition coefficient (Wildman–Crippen LogP) is 3.55. The van der Waals surface area contributed by atoms with E-state index in [1.54, 1.807) is 23.1 Å². The quantitative estimate of drug-likeness (QED) is 0.676. The lowest BCUT2D eigenvalue weighted by Crippen LogP contribution is -2.25. The number of hydrogen-bond acceptors (Lipinski definition) is 4. The third-order valence-electron chi connectivity index (χ3n) is 4.93. The van der Waals surface area contributed by atoms with E-state index in [1.165, 1.54) is 0 Å². The number of para-hydroxylation sites is 1. The van der Waals surface area contributed by atoms with E-state index in [4.69, 9.17) is 4.74 Å². The van der Waals surface area contributed by atoms with Crippen LogP contribution in [0.1, 0.15) is 28.8 Å². The first-order chi connectivity index (χ1) is 14.2. The molecule has 1 unspecified atom stereocenters. The highest BCUT2D eigenvalue weighted by Crippen LogP contribution is 2.20. The van der Waals surface area contributed by atoms with Gasteiger partial charge in [0.15, 0.2) is 0 Å². The molecule has 1 atom stereocenters. The van der Waals surface area contributed by atoms with Gasteiger partial charge in [-0.25, -0.2) is 4.68 Å². The maximum atomic E-state index is 12.9. The molecule has 1 aromatic heterocycles. The molecule has 0 bridgehead atoms. The molecule has 2 aromatic carbocycles. The predicted molar refractivity (Wildman–Crippen MR) is 114 cm³/mol. The highest BCUT2D eigenvalue weighted by Gasteiger charge is 2.20. The largest absolute Gasteiger partial charge is 0.381 e. The van der Waals surface area contributed by atoms with Crippen LogP contribution in [0.15, 0.2) is 67.0 Å². The highest BCUT2D eigenvalue weighted by atomic mass is 32.2. The van der Waals surface area contributed by atoms with Crippen LogP contribution in [0.5, 0.6) is 0 Å². The zero-order valence-corrected chi connectivity index (χ0v) is 16.8. The van der Waals surface area contributed by atoms with Gasteiger partial charge in [-0.15, -0.1) is 0 Å². The van der Waals surface area contributed by atoms with E-state index in [1.807, 2.05) is 48.5 Å². The van der Waals surface area contributed by atoms with Crippen LogP contribution in [-0.4, -0.2) is 38.4 Å². The lowest BCUT2D eigenvalue weighted by molar-refractivity contribution is 0.0991. The molecule has 1 amide bonds. The van der Waals surface area contributed by atoms with Crippen LogP contribution in [0.25, 0.3) is 5.69 Å². The Morgan fingerprint density at radius 3 is 2.76 bits per heavy atom. The summed E-state index contributed by atoms with van der Waals surface area (Å²) < 4.78 is 19.7. The molecule has 1 aliphatic rings. The summed E-state index contributed by atoms with van der Waals surface area (Å²) in [6.45, 7) is 1.37. The number of carbonyl (C=O) groups excluding carboxylic acids is 1. The fraction of sp³-hybridized carbons (Fsp3) is 0.273. The van der Waals surface area contributed by atoms with Crippen molar-refractivity contribution in [3.05, 3.63) is 78.1 Å². The Bertz CT molecular complexity index is 998. The number of benzene rings is 2. The van der Waals surface area contributed by atoms with E-state index in [0.29, 0.717) is 35.9 Å². The van der Waals surface area contributed by atoms with Crippen molar-refractivity contribution in [3.63, 3.8) is 0 Å². The average Bonchev–Trinajstić information content (AvgIpc) is 3.29. The Morgan fingerprint density at radius 1 is 1.14 bits per heavy atom. The fourth-order valence-corrected chi connectivity index (χ4v) is 4.90. The summed E-state index contributed by atoms with van der Waals surface area (Å²) in [5.74, 6) is 0.275. The van der Waals surface area contributed by atoms with E-state index >= 15 is 0 Å². The van der Waals surface area contributed by atoms with Crippen LogP contribution in [0.3, 0.4) is 0 Å². The van der Waals surface area contributed by atoms with E-state index < -0.39 is 10.8 Å². The number of aromatic nitrogens is 2. The zero-order valence-electron chi connectivity index (χ0n) is 16.0. The van der Waals surface area contributed by atoms with Gasteiger partial charge in [-0.2, -0.15) is 5.10 Å². The number of hydrogen-bond donors (Lipinski definition) is 1. The summed E-state index contributed by atoms with van der Waals surface area (Å²) in [5, 5.41) is 7.36. The van der Waals surface area contributed by atoms with Crippen LogP contribution in [0, 0.1) is 0 Å². The average molecular weight is 410 g/mol. The number of ether oxygens (including phenoxy) is 1. The van der Waals surface area contributed by atoms with Crippen molar-refractivity contribution in [1.82, 2.24) is 9.78 Å². The van der Waals surface area contributed by atoms with Crippen LogP contribution in [0.4, 0.5) is 5.69 Å². The molecule has 7 heteroatoms. The van der Waals surface area contributed by atoms with Gasteiger partial charge >= 0.3 is 0 Å². The van der Waals surface area contributed by atoms with Crippen molar-refractivity contribution in [3.8, 4) is 5.69 Å². The Labute approximate surface area is 172 Å². The third-order valence-corrected chi connectivity index (χ3v) is 6.77. The van der Waals surface area contributed by atoms with Gasteiger partial charge in [-0.3, -0.25) is 9.00 Å². The van der Waals surface area contributed by atoms with Crippen molar-refractivity contribution < 1.29 is 13.7 Å². The van der Waals surface area contributed by atoms with Gasteiger partial charge < -0.3 is 10.1 Å².